The van der Waals surface area contributed by atoms with E-state index < -0.39 is 0 Å². The SMILES string of the molecule is CCC(CCO)NCc1ccc(-n2ccnc2)cc1. The second kappa shape index (κ2) is 7.07. The Hall–Kier alpha value is -1.65. The van der Waals surface area contributed by atoms with E-state index in [0.29, 0.717) is 6.04 Å². The third kappa shape index (κ3) is 3.91. The van der Waals surface area contributed by atoms with Gasteiger partial charge in [-0.05, 0) is 30.5 Å². The maximum Gasteiger partial charge on any atom is 0.0991 e. The van der Waals surface area contributed by atoms with Crippen LogP contribution in [0.15, 0.2) is 43.0 Å². The summed E-state index contributed by atoms with van der Waals surface area (Å²) in [6.07, 6.45) is 7.34. The number of imidazole rings is 1. The summed E-state index contributed by atoms with van der Waals surface area (Å²) in [5, 5.41) is 12.4. The van der Waals surface area contributed by atoms with Crippen LogP contribution in [-0.4, -0.2) is 27.3 Å². The average Bonchev–Trinajstić information content (AvgIpc) is 2.98. The molecule has 0 radical (unpaired) electrons. The van der Waals surface area contributed by atoms with E-state index in [9.17, 15) is 0 Å². The minimum Gasteiger partial charge on any atom is -0.396 e. The first kappa shape index (κ1) is 13.8. The molecule has 1 aromatic heterocycles. The van der Waals surface area contributed by atoms with Gasteiger partial charge in [0.25, 0.3) is 0 Å². The molecule has 0 bridgehead atoms. The van der Waals surface area contributed by atoms with Crippen LogP contribution in [0.4, 0.5) is 0 Å². The molecule has 2 rings (SSSR count). The van der Waals surface area contributed by atoms with E-state index in [-0.39, 0.29) is 6.61 Å². The van der Waals surface area contributed by atoms with E-state index in [1.54, 1.807) is 12.5 Å². The second-order valence-corrected chi connectivity index (χ2v) is 4.63. The van der Waals surface area contributed by atoms with Gasteiger partial charge < -0.3 is 15.0 Å². The first-order valence-corrected chi connectivity index (χ1v) is 6.75. The van der Waals surface area contributed by atoms with Crippen molar-refractivity contribution in [3.63, 3.8) is 0 Å². The molecule has 19 heavy (non-hydrogen) atoms. The molecule has 102 valence electrons. The summed E-state index contributed by atoms with van der Waals surface area (Å²) < 4.78 is 1.98. The van der Waals surface area contributed by atoms with Crippen LogP contribution in [0.2, 0.25) is 0 Å². The summed E-state index contributed by atoms with van der Waals surface area (Å²) >= 11 is 0. The van der Waals surface area contributed by atoms with Crippen LogP contribution in [0.5, 0.6) is 0 Å². The molecule has 0 aliphatic rings. The quantitative estimate of drug-likeness (QED) is 0.801. The monoisotopic (exact) mass is 259 g/mol. The predicted octanol–water partition coefficient (Wildman–Crippen LogP) is 2.12. The molecule has 1 aromatic carbocycles. The van der Waals surface area contributed by atoms with Gasteiger partial charge in [-0.2, -0.15) is 0 Å². The number of aliphatic hydroxyl groups is 1. The highest BCUT2D eigenvalue weighted by molar-refractivity contribution is 5.34. The normalized spacial score (nSPS) is 12.5. The number of hydrogen-bond donors (Lipinski definition) is 2. The smallest absolute Gasteiger partial charge is 0.0991 e. The van der Waals surface area contributed by atoms with Crippen LogP contribution in [0, 0.1) is 0 Å². The number of hydrogen-bond acceptors (Lipinski definition) is 3. The molecular formula is C15H21N3O. The Balaban J connectivity index is 1.92. The fourth-order valence-electron chi connectivity index (χ4n) is 2.07. The number of aromatic nitrogens is 2. The zero-order valence-corrected chi connectivity index (χ0v) is 11.3. The van der Waals surface area contributed by atoms with Crippen LogP contribution < -0.4 is 5.32 Å². The molecule has 2 N–H and O–H groups in total. The third-order valence-electron chi connectivity index (χ3n) is 3.30. The molecule has 1 heterocycles. The minimum atomic E-state index is 0.241. The first-order valence-electron chi connectivity index (χ1n) is 6.75. The van der Waals surface area contributed by atoms with Gasteiger partial charge in [0, 0.05) is 37.3 Å². The van der Waals surface area contributed by atoms with Gasteiger partial charge in [-0.3, -0.25) is 0 Å². The van der Waals surface area contributed by atoms with Gasteiger partial charge in [0.2, 0.25) is 0 Å². The van der Waals surface area contributed by atoms with E-state index in [1.807, 2.05) is 10.8 Å². The fraction of sp³-hybridized carbons (Fsp3) is 0.400. The van der Waals surface area contributed by atoms with E-state index in [1.165, 1.54) is 5.56 Å². The van der Waals surface area contributed by atoms with Crippen molar-refractivity contribution in [3.05, 3.63) is 48.5 Å². The molecule has 0 amide bonds. The molecule has 1 atom stereocenters. The highest BCUT2D eigenvalue weighted by Crippen LogP contribution is 2.09. The van der Waals surface area contributed by atoms with E-state index >= 15 is 0 Å². The summed E-state index contributed by atoms with van der Waals surface area (Å²) in [6.45, 7) is 3.21. The van der Waals surface area contributed by atoms with Crippen molar-refractivity contribution in [1.29, 1.82) is 0 Å². The van der Waals surface area contributed by atoms with Gasteiger partial charge in [0.05, 0.1) is 6.33 Å². The van der Waals surface area contributed by atoms with Crippen molar-refractivity contribution in [2.24, 2.45) is 0 Å². The van der Waals surface area contributed by atoms with Crippen molar-refractivity contribution in [3.8, 4) is 5.69 Å². The Morgan fingerprint density at radius 1 is 1.32 bits per heavy atom. The molecule has 4 heteroatoms. The molecule has 0 fully saturated rings. The van der Waals surface area contributed by atoms with E-state index in [4.69, 9.17) is 5.11 Å². The number of rotatable bonds is 7. The number of benzene rings is 1. The zero-order valence-electron chi connectivity index (χ0n) is 11.3. The average molecular weight is 259 g/mol. The van der Waals surface area contributed by atoms with Gasteiger partial charge in [0.1, 0.15) is 0 Å². The lowest BCUT2D eigenvalue weighted by Gasteiger charge is -2.15. The van der Waals surface area contributed by atoms with Crippen molar-refractivity contribution >= 4 is 0 Å². The Kier molecular flexibility index (Phi) is 5.12. The lowest BCUT2D eigenvalue weighted by Crippen LogP contribution is -2.28. The Bertz CT molecular complexity index is 465. The number of aliphatic hydroxyl groups excluding tert-OH is 1. The summed E-state index contributed by atoms with van der Waals surface area (Å²) in [7, 11) is 0. The summed E-state index contributed by atoms with van der Waals surface area (Å²) in [6, 6.07) is 8.80. The first-order chi connectivity index (χ1) is 9.33. The Morgan fingerprint density at radius 3 is 2.68 bits per heavy atom. The van der Waals surface area contributed by atoms with Crippen LogP contribution in [0.25, 0.3) is 5.69 Å². The van der Waals surface area contributed by atoms with Gasteiger partial charge in [0.15, 0.2) is 0 Å². The number of nitrogens with zero attached hydrogens (tertiary/aromatic N) is 2. The molecule has 0 aliphatic carbocycles. The van der Waals surface area contributed by atoms with Crippen molar-refractivity contribution in [2.45, 2.75) is 32.4 Å². The Labute approximate surface area is 114 Å². The highest BCUT2D eigenvalue weighted by Gasteiger charge is 2.04. The molecule has 2 aromatic rings. The van der Waals surface area contributed by atoms with Gasteiger partial charge in [-0.15, -0.1) is 0 Å². The summed E-state index contributed by atoms with van der Waals surface area (Å²) in [4.78, 5) is 4.04. The van der Waals surface area contributed by atoms with Crippen LogP contribution >= 0.6 is 0 Å². The van der Waals surface area contributed by atoms with Crippen LogP contribution in [-0.2, 0) is 6.54 Å². The van der Waals surface area contributed by atoms with Crippen molar-refractivity contribution in [2.75, 3.05) is 6.61 Å². The largest absolute Gasteiger partial charge is 0.396 e. The van der Waals surface area contributed by atoms with Crippen LogP contribution in [0.1, 0.15) is 25.3 Å². The molecule has 4 nitrogen and oxygen atoms in total. The molecule has 0 spiro atoms. The minimum absolute atomic E-state index is 0.241. The molecular weight excluding hydrogens is 238 g/mol. The fourth-order valence-corrected chi connectivity index (χ4v) is 2.07. The van der Waals surface area contributed by atoms with E-state index in [2.05, 4.69) is 41.5 Å². The second-order valence-electron chi connectivity index (χ2n) is 4.63. The molecule has 0 saturated carbocycles. The third-order valence-corrected chi connectivity index (χ3v) is 3.30. The predicted molar refractivity (Wildman–Crippen MR) is 76.2 cm³/mol. The van der Waals surface area contributed by atoms with Crippen molar-refractivity contribution in [1.82, 2.24) is 14.9 Å². The number of nitrogens with one attached hydrogen (secondary N) is 1. The van der Waals surface area contributed by atoms with Gasteiger partial charge in [-0.1, -0.05) is 19.1 Å². The van der Waals surface area contributed by atoms with Gasteiger partial charge >= 0.3 is 0 Å². The maximum atomic E-state index is 8.96. The molecule has 0 aliphatic heterocycles. The lowest BCUT2D eigenvalue weighted by atomic mass is 10.1. The molecule has 1 unspecified atom stereocenters. The highest BCUT2D eigenvalue weighted by atomic mass is 16.3. The topological polar surface area (TPSA) is 50.1 Å². The Morgan fingerprint density at radius 2 is 2.11 bits per heavy atom. The van der Waals surface area contributed by atoms with Crippen LogP contribution in [0.3, 0.4) is 0 Å². The summed E-state index contributed by atoms with van der Waals surface area (Å²) in [5.41, 5.74) is 2.36. The molecule has 0 saturated heterocycles. The van der Waals surface area contributed by atoms with E-state index in [0.717, 1.165) is 25.1 Å². The summed E-state index contributed by atoms with van der Waals surface area (Å²) in [5.74, 6) is 0. The maximum absolute atomic E-state index is 8.96. The lowest BCUT2D eigenvalue weighted by molar-refractivity contribution is 0.262. The standard InChI is InChI=1S/C15H21N3O/c1-2-14(7-10-19)17-11-13-3-5-15(6-4-13)18-9-8-16-12-18/h3-6,8-9,12,14,17,19H,2,7,10-11H2,1H3. The van der Waals surface area contributed by atoms with Crippen molar-refractivity contribution < 1.29 is 5.11 Å². The van der Waals surface area contributed by atoms with Gasteiger partial charge in [-0.25, -0.2) is 4.98 Å². The zero-order chi connectivity index (χ0) is 13.5.